The van der Waals surface area contributed by atoms with Gasteiger partial charge in [-0.25, -0.2) is 0 Å². The van der Waals surface area contributed by atoms with Crippen LogP contribution in [0.2, 0.25) is 0 Å². The van der Waals surface area contributed by atoms with E-state index in [0.29, 0.717) is 5.56 Å². The van der Waals surface area contributed by atoms with E-state index in [0.717, 1.165) is 19.3 Å². The number of phenolic OH excluding ortho intramolecular Hbond substituents is 1. The molecule has 1 unspecified atom stereocenters. The Bertz CT molecular complexity index is 391. The summed E-state index contributed by atoms with van der Waals surface area (Å²) in [6.45, 7) is 4.09. The Hall–Kier alpha value is -1.71. The summed E-state index contributed by atoms with van der Waals surface area (Å²) in [6, 6.07) is 4.66. The molecule has 1 amide bonds. The fourth-order valence-corrected chi connectivity index (χ4v) is 1.57. The van der Waals surface area contributed by atoms with Crippen LogP contribution in [0.5, 0.6) is 5.75 Å². The Labute approximate surface area is 102 Å². The molecule has 0 aliphatic rings. The summed E-state index contributed by atoms with van der Waals surface area (Å²) in [5.74, 6) is -0.234. The van der Waals surface area contributed by atoms with Gasteiger partial charge in [-0.3, -0.25) is 4.79 Å². The second-order valence-corrected chi connectivity index (χ2v) is 4.29. The number of nitrogens with one attached hydrogen (secondary N) is 1. The second-order valence-electron chi connectivity index (χ2n) is 4.29. The molecule has 4 nitrogen and oxygen atoms in total. The minimum absolute atomic E-state index is 0.0566. The maximum Gasteiger partial charge on any atom is 0.251 e. The number of benzene rings is 1. The Balaban J connectivity index is 2.60. The van der Waals surface area contributed by atoms with Crippen molar-refractivity contribution in [2.24, 2.45) is 0 Å². The standard InChI is InChI=1S/C13H20N2O2/c1-3-4-5-9(2)15-13(17)10-6-7-11(14)12(16)8-10/h6-9,16H,3-5,14H2,1-2H3,(H,15,17). The van der Waals surface area contributed by atoms with Gasteiger partial charge in [0.15, 0.2) is 0 Å². The van der Waals surface area contributed by atoms with Gasteiger partial charge >= 0.3 is 0 Å². The third-order valence-corrected chi connectivity index (χ3v) is 2.66. The molecule has 0 saturated heterocycles. The molecule has 0 bridgehead atoms. The lowest BCUT2D eigenvalue weighted by Crippen LogP contribution is -2.32. The normalized spacial score (nSPS) is 12.1. The van der Waals surface area contributed by atoms with Crippen LogP contribution in [0.4, 0.5) is 5.69 Å². The number of carbonyl (C=O) groups excluding carboxylic acids is 1. The summed E-state index contributed by atoms with van der Waals surface area (Å²) in [5.41, 5.74) is 6.18. The maximum atomic E-state index is 11.8. The van der Waals surface area contributed by atoms with Crippen molar-refractivity contribution in [3.05, 3.63) is 23.8 Å². The fraction of sp³-hybridized carbons (Fsp3) is 0.462. The third kappa shape index (κ3) is 3.98. The average Bonchev–Trinajstić information content (AvgIpc) is 2.30. The van der Waals surface area contributed by atoms with Crippen molar-refractivity contribution < 1.29 is 9.90 Å². The third-order valence-electron chi connectivity index (χ3n) is 2.66. The first-order chi connectivity index (χ1) is 8.04. The highest BCUT2D eigenvalue weighted by atomic mass is 16.3. The van der Waals surface area contributed by atoms with Crippen LogP contribution in [0.15, 0.2) is 18.2 Å². The van der Waals surface area contributed by atoms with E-state index in [4.69, 9.17) is 5.73 Å². The van der Waals surface area contributed by atoms with Crippen LogP contribution in [0.3, 0.4) is 0 Å². The lowest BCUT2D eigenvalue weighted by molar-refractivity contribution is 0.0937. The minimum atomic E-state index is -0.177. The molecule has 0 saturated carbocycles. The molecule has 0 radical (unpaired) electrons. The highest BCUT2D eigenvalue weighted by molar-refractivity contribution is 5.95. The molecule has 4 heteroatoms. The molecule has 1 rings (SSSR count). The first kappa shape index (κ1) is 13.4. The molecule has 0 spiro atoms. The number of amides is 1. The average molecular weight is 236 g/mol. The van der Waals surface area contributed by atoms with Gasteiger partial charge < -0.3 is 16.2 Å². The van der Waals surface area contributed by atoms with E-state index in [2.05, 4.69) is 12.2 Å². The molecule has 0 heterocycles. The Morgan fingerprint density at radius 3 is 2.82 bits per heavy atom. The summed E-state index contributed by atoms with van der Waals surface area (Å²) < 4.78 is 0. The molecule has 1 aromatic rings. The van der Waals surface area contributed by atoms with E-state index in [9.17, 15) is 9.90 Å². The van der Waals surface area contributed by atoms with E-state index >= 15 is 0 Å². The number of hydrogen-bond donors (Lipinski definition) is 3. The van der Waals surface area contributed by atoms with Gasteiger partial charge in [-0.1, -0.05) is 19.8 Å². The highest BCUT2D eigenvalue weighted by Gasteiger charge is 2.10. The summed E-state index contributed by atoms with van der Waals surface area (Å²) in [6.07, 6.45) is 3.17. The number of rotatable bonds is 5. The van der Waals surface area contributed by atoms with E-state index in [1.165, 1.54) is 12.1 Å². The Morgan fingerprint density at radius 1 is 1.53 bits per heavy atom. The van der Waals surface area contributed by atoms with Crippen molar-refractivity contribution in [1.82, 2.24) is 5.32 Å². The number of hydrogen-bond acceptors (Lipinski definition) is 3. The fourth-order valence-electron chi connectivity index (χ4n) is 1.57. The number of carbonyl (C=O) groups is 1. The molecule has 0 aromatic heterocycles. The number of aromatic hydroxyl groups is 1. The monoisotopic (exact) mass is 236 g/mol. The summed E-state index contributed by atoms with van der Waals surface area (Å²) in [5, 5.41) is 12.3. The van der Waals surface area contributed by atoms with Crippen molar-refractivity contribution in [3.8, 4) is 5.75 Å². The van der Waals surface area contributed by atoms with Gasteiger partial charge in [0, 0.05) is 11.6 Å². The quantitative estimate of drug-likeness (QED) is 0.542. The number of unbranched alkanes of at least 4 members (excludes halogenated alkanes) is 1. The van der Waals surface area contributed by atoms with Gasteiger partial charge in [-0.2, -0.15) is 0 Å². The molecule has 0 fully saturated rings. The topological polar surface area (TPSA) is 75.4 Å². The van der Waals surface area contributed by atoms with E-state index in [1.807, 2.05) is 6.92 Å². The van der Waals surface area contributed by atoms with Crippen molar-refractivity contribution in [1.29, 1.82) is 0 Å². The van der Waals surface area contributed by atoms with Crippen LogP contribution >= 0.6 is 0 Å². The Morgan fingerprint density at radius 2 is 2.24 bits per heavy atom. The van der Waals surface area contributed by atoms with E-state index < -0.39 is 0 Å². The molecular weight excluding hydrogens is 216 g/mol. The van der Waals surface area contributed by atoms with Crippen LogP contribution in [-0.2, 0) is 0 Å². The van der Waals surface area contributed by atoms with Gasteiger partial charge in [-0.15, -0.1) is 0 Å². The first-order valence-electron chi connectivity index (χ1n) is 5.94. The molecule has 94 valence electrons. The highest BCUT2D eigenvalue weighted by Crippen LogP contribution is 2.20. The van der Waals surface area contributed by atoms with Gasteiger partial charge in [-0.05, 0) is 31.5 Å². The van der Waals surface area contributed by atoms with Crippen molar-refractivity contribution in [2.45, 2.75) is 39.2 Å². The maximum absolute atomic E-state index is 11.8. The van der Waals surface area contributed by atoms with E-state index in [1.54, 1.807) is 6.07 Å². The summed E-state index contributed by atoms with van der Waals surface area (Å²) in [7, 11) is 0. The lowest BCUT2D eigenvalue weighted by atomic mass is 10.1. The van der Waals surface area contributed by atoms with Crippen LogP contribution < -0.4 is 11.1 Å². The number of phenols is 1. The second kappa shape index (κ2) is 6.13. The molecule has 0 aliphatic heterocycles. The lowest BCUT2D eigenvalue weighted by Gasteiger charge is -2.13. The molecule has 4 N–H and O–H groups in total. The molecule has 0 aliphatic carbocycles. The van der Waals surface area contributed by atoms with Crippen molar-refractivity contribution >= 4 is 11.6 Å². The zero-order valence-corrected chi connectivity index (χ0v) is 10.4. The van der Waals surface area contributed by atoms with Crippen LogP contribution in [0.25, 0.3) is 0 Å². The number of nitrogens with two attached hydrogens (primary N) is 1. The number of anilines is 1. The largest absolute Gasteiger partial charge is 0.506 e. The van der Waals surface area contributed by atoms with Gasteiger partial charge in [0.1, 0.15) is 5.75 Å². The van der Waals surface area contributed by atoms with Gasteiger partial charge in [0.25, 0.3) is 5.91 Å². The SMILES string of the molecule is CCCCC(C)NC(=O)c1ccc(N)c(O)c1. The Kier molecular flexibility index (Phi) is 4.82. The van der Waals surface area contributed by atoms with Crippen LogP contribution in [0, 0.1) is 0 Å². The first-order valence-corrected chi connectivity index (χ1v) is 5.94. The predicted octanol–water partition coefficient (Wildman–Crippen LogP) is 2.28. The summed E-state index contributed by atoms with van der Waals surface area (Å²) >= 11 is 0. The molecule has 1 atom stereocenters. The molecule has 17 heavy (non-hydrogen) atoms. The summed E-state index contributed by atoms with van der Waals surface area (Å²) in [4.78, 5) is 11.8. The zero-order chi connectivity index (χ0) is 12.8. The smallest absolute Gasteiger partial charge is 0.251 e. The van der Waals surface area contributed by atoms with Crippen LogP contribution in [0.1, 0.15) is 43.5 Å². The minimum Gasteiger partial charge on any atom is -0.506 e. The van der Waals surface area contributed by atoms with Crippen molar-refractivity contribution in [2.75, 3.05) is 5.73 Å². The van der Waals surface area contributed by atoms with Crippen LogP contribution in [-0.4, -0.2) is 17.1 Å². The van der Waals surface area contributed by atoms with Gasteiger partial charge in [0.05, 0.1) is 5.69 Å². The van der Waals surface area contributed by atoms with E-state index in [-0.39, 0.29) is 23.4 Å². The number of nitrogen functional groups attached to an aromatic ring is 1. The van der Waals surface area contributed by atoms with Crippen molar-refractivity contribution in [3.63, 3.8) is 0 Å². The molecule has 1 aromatic carbocycles. The zero-order valence-electron chi connectivity index (χ0n) is 10.4. The predicted molar refractivity (Wildman–Crippen MR) is 69.0 cm³/mol. The van der Waals surface area contributed by atoms with Gasteiger partial charge in [0.2, 0.25) is 0 Å². The molecular formula is C13H20N2O2.